The van der Waals surface area contributed by atoms with Crippen molar-refractivity contribution in [1.29, 1.82) is 0 Å². The fraction of sp³-hybridized carbons (Fsp3) is 0.750. The lowest BCUT2D eigenvalue weighted by Crippen LogP contribution is -2.43. The molecule has 1 fully saturated rings. The lowest BCUT2D eigenvalue weighted by atomic mass is 10.0. The monoisotopic (exact) mass is 255 g/mol. The lowest BCUT2D eigenvalue weighted by Gasteiger charge is -2.36. The van der Waals surface area contributed by atoms with E-state index in [9.17, 15) is 0 Å². The number of aromatic nitrogens is 1. The van der Waals surface area contributed by atoms with Crippen molar-refractivity contribution in [3.05, 3.63) is 11.1 Å². The molecule has 0 amide bonds. The molecule has 2 rings (SSSR count). The standard InChI is InChI=1S/C12H21N3OS/c1-3-15-6-4-10(5-7-15)14(2)12-13-8-11(9-16)17-12/h8,10,16H,3-7,9H2,1-2H3. The van der Waals surface area contributed by atoms with Crippen LogP contribution in [0, 0.1) is 0 Å². The van der Waals surface area contributed by atoms with Crippen LogP contribution in [0.3, 0.4) is 0 Å². The quantitative estimate of drug-likeness (QED) is 0.886. The largest absolute Gasteiger partial charge is 0.391 e. The summed E-state index contributed by atoms with van der Waals surface area (Å²) < 4.78 is 0. The predicted octanol–water partition coefficient (Wildman–Crippen LogP) is 1.56. The minimum Gasteiger partial charge on any atom is -0.391 e. The Morgan fingerprint density at radius 2 is 2.24 bits per heavy atom. The molecule has 1 aliphatic rings. The first-order chi connectivity index (χ1) is 8.24. The molecule has 17 heavy (non-hydrogen) atoms. The molecule has 1 aliphatic heterocycles. The van der Waals surface area contributed by atoms with Gasteiger partial charge in [-0.1, -0.05) is 18.3 Å². The molecule has 2 heterocycles. The normalized spacial score (nSPS) is 18.5. The molecular weight excluding hydrogens is 234 g/mol. The molecule has 1 aromatic rings. The van der Waals surface area contributed by atoms with Crippen molar-refractivity contribution in [2.45, 2.75) is 32.4 Å². The number of aliphatic hydroxyl groups is 1. The summed E-state index contributed by atoms with van der Waals surface area (Å²) in [6.45, 7) is 5.84. The Morgan fingerprint density at radius 3 is 2.76 bits per heavy atom. The van der Waals surface area contributed by atoms with Crippen LogP contribution in [0.2, 0.25) is 0 Å². The Morgan fingerprint density at radius 1 is 1.53 bits per heavy atom. The first-order valence-electron chi connectivity index (χ1n) is 6.25. The average Bonchev–Trinajstić information content (AvgIpc) is 2.87. The van der Waals surface area contributed by atoms with E-state index in [1.54, 1.807) is 17.5 Å². The fourth-order valence-electron chi connectivity index (χ4n) is 2.31. The number of anilines is 1. The molecule has 5 heteroatoms. The van der Waals surface area contributed by atoms with Gasteiger partial charge < -0.3 is 14.9 Å². The summed E-state index contributed by atoms with van der Waals surface area (Å²) in [5.41, 5.74) is 0. The Balaban J connectivity index is 1.94. The molecule has 0 bridgehead atoms. The number of aliphatic hydroxyl groups excluding tert-OH is 1. The van der Waals surface area contributed by atoms with Crippen LogP contribution in [0.1, 0.15) is 24.6 Å². The van der Waals surface area contributed by atoms with Crippen LogP contribution in [0.25, 0.3) is 0 Å². The summed E-state index contributed by atoms with van der Waals surface area (Å²) in [5.74, 6) is 0. The van der Waals surface area contributed by atoms with Gasteiger partial charge in [0.15, 0.2) is 5.13 Å². The van der Waals surface area contributed by atoms with E-state index in [2.05, 4.69) is 28.8 Å². The molecule has 0 spiro atoms. The first kappa shape index (κ1) is 12.8. The zero-order valence-electron chi connectivity index (χ0n) is 10.6. The molecule has 1 N–H and O–H groups in total. The van der Waals surface area contributed by atoms with Gasteiger partial charge in [0.2, 0.25) is 0 Å². The van der Waals surface area contributed by atoms with Gasteiger partial charge in [-0.3, -0.25) is 0 Å². The second-order valence-corrected chi connectivity index (χ2v) is 5.64. The van der Waals surface area contributed by atoms with Crippen LogP contribution in [-0.2, 0) is 6.61 Å². The fourth-order valence-corrected chi connectivity index (χ4v) is 3.12. The maximum Gasteiger partial charge on any atom is 0.185 e. The summed E-state index contributed by atoms with van der Waals surface area (Å²) in [6.07, 6.45) is 4.19. The smallest absolute Gasteiger partial charge is 0.185 e. The molecule has 1 aromatic heterocycles. The van der Waals surface area contributed by atoms with Crippen molar-refractivity contribution in [3.63, 3.8) is 0 Å². The van der Waals surface area contributed by atoms with Crippen molar-refractivity contribution in [1.82, 2.24) is 9.88 Å². The van der Waals surface area contributed by atoms with E-state index in [4.69, 9.17) is 5.11 Å². The molecular formula is C12H21N3OS. The third-order valence-electron chi connectivity index (χ3n) is 3.55. The Bertz CT molecular complexity index is 347. The maximum atomic E-state index is 9.05. The highest BCUT2D eigenvalue weighted by atomic mass is 32.1. The van der Waals surface area contributed by atoms with Crippen molar-refractivity contribution in [3.8, 4) is 0 Å². The molecule has 0 saturated carbocycles. The summed E-state index contributed by atoms with van der Waals surface area (Å²) in [7, 11) is 2.12. The molecule has 0 radical (unpaired) electrons. The van der Waals surface area contributed by atoms with Gasteiger partial charge in [-0.05, 0) is 19.4 Å². The van der Waals surface area contributed by atoms with Crippen molar-refractivity contribution < 1.29 is 5.11 Å². The van der Waals surface area contributed by atoms with Crippen LogP contribution in [0.5, 0.6) is 0 Å². The van der Waals surface area contributed by atoms with E-state index in [1.165, 1.54) is 25.9 Å². The molecule has 0 aromatic carbocycles. The number of nitrogens with zero attached hydrogens (tertiary/aromatic N) is 3. The minimum absolute atomic E-state index is 0.0970. The van der Waals surface area contributed by atoms with Crippen molar-refractivity contribution in [2.75, 3.05) is 31.6 Å². The van der Waals surface area contributed by atoms with E-state index in [0.717, 1.165) is 16.6 Å². The second kappa shape index (κ2) is 5.80. The Labute approximate surface area is 107 Å². The maximum absolute atomic E-state index is 9.05. The zero-order chi connectivity index (χ0) is 12.3. The van der Waals surface area contributed by atoms with E-state index in [1.807, 2.05) is 0 Å². The van der Waals surface area contributed by atoms with Gasteiger partial charge in [-0.25, -0.2) is 4.98 Å². The number of hydrogen-bond acceptors (Lipinski definition) is 5. The van der Waals surface area contributed by atoms with E-state index >= 15 is 0 Å². The summed E-state index contributed by atoms with van der Waals surface area (Å²) in [5, 5.41) is 10.1. The number of hydrogen-bond donors (Lipinski definition) is 1. The first-order valence-corrected chi connectivity index (χ1v) is 7.07. The van der Waals surface area contributed by atoms with Crippen molar-refractivity contribution in [2.24, 2.45) is 0 Å². The van der Waals surface area contributed by atoms with Gasteiger partial charge in [-0.2, -0.15) is 0 Å². The number of rotatable bonds is 4. The van der Waals surface area contributed by atoms with Gasteiger partial charge in [0.25, 0.3) is 0 Å². The third kappa shape index (κ3) is 2.97. The molecule has 4 nitrogen and oxygen atoms in total. The Kier molecular flexibility index (Phi) is 4.36. The van der Waals surface area contributed by atoms with Crippen molar-refractivity contribution >= 4 is 16.5 Å². The van der Waals surface area contributed by atoms with E-state index in [-0.39, 0.29) is 6.61 Å². The third-order valence-corrected chi connectivity index (χ3v) is 4.62. The van der Waals surface area contributed by atoms with Gasteiger partial charge in [0, 0.05) is 32.4 Å². The van der Waals surface area contributed by atoms with Gasteiger partial charge in [-0.15, -0.1) is 0 Å². The lowest BCUT2D eigenvalue weighted by molar-refractivity contribution is 0.221. The number of likely N-dealkylation sites (tertiary alicyclic amines) is 1. The Hall–Kier alpha value is -0.650. The SMILES string of the molecule is CCN1CCC(N(C)c2ncc(CO)s2)CC1. The number of piperidine rings is 1. The molecule has 0 atom stereocenters. The van der Waals surface area contributed by atoms with Crippen LogP contribution in [-0.4, -0.2) is 47.7 Å². The van der Waals surface area contributed by atoms with Gasteiger partial charge >= 0.3 is 0 Å². The van der Waals surface area contributed by atoms with E-state index < -0.39 is 0 Å². The topological polar surface area (TPSA) is 39.6 Å². The van der Waals surface area contributed by atoms with Crippen LogP contribution < -0.4 is 4.90 Å². The molecule has 96 valence electrons. The molecule has 0 unspecified atom stereocenters. The summed E-state index contributed by atoms with van der Waals surface area (Å²) in [6, 6.07) is 0.593. The van der Waals surface area contributed by atoms with Gasteiger partial charge in [0.05, 0.1) is 11.5 Å². The molecule has 0 aliphatic carbocycles. The highest BCUT2D eigenvalue weighted by Crippen LogP contribution is 2.26. The zero-order valence-corrected chi connectivity index (χ0v) is 11.4. The number of thiazole rings is 1. The highest BCUT2D eigenvalue weighted by molar-refractivity contribution is 7.15. The predicted molar refractivity (Wildman–Crippen MR) is 71.6 cm³/mol. The van der Waals surface area contributed by atoms with E-state index in [0.29, 0.717) is 6.04 Å². The van der Waals surface area contributed by atoms with Crippen LogP contribution in [0.15, 0.2) is 6.20 Å². The summed E-state index contributed by atoms with van der Waals surface area (Å²) >= 11 is 1.59. The summed E-state index contributed by atoms with van der Waals surface area (Å²) in [4.78, 5) is 10.1. The molecule has 1 saturated heterocycles. The second-order valence-electron chi connectivity index (χ2n) is 4.54. The highest BCUT2D eigenvalue weighted by Gasteiger charge is 2.23. The van der Waals surface area contributed by atoms with Gasteiger partial charge in [0.1, 0.15) is 0 Å². The van der Waals surface area contributed by atoms with Crippen LogP contribution >= 0.6 is 11.3 Å². The minimum atomic E-state index is 0.0970. The average molecular weight is 255 g/mol. The van der Waals surface area contributed by atoms with Crippen LogP contribution in [0.4, 0.5) is 5.13 Å².